The van der Waals surface area contributed by atoms with Crippen molar-refractivity contribution in [1.82, 2.24) is 9.88 Å². The summed E-state index contributed by atoms with van der Waals surface area (Å²) < 4.78 is 5.21. The molecule has 1 saturated heterocycles. The molecule has 0 radical (unpaired) electrons. The number of nitrogens with zero attached hydrogens (tertiary/aromatic N) is 3. The molecule has 2 rings (SSSR count). The smallest absolute Gasteiger partial charge is 0.288 e. The van der Waals surface area contributed by atoms with Crippen LogP contribution in [0, 0.1) is 10.1 Å². The molecule has 8 heteroatoms. The van der Waals surface area contributed by atoms with Crippen molar-refractivity contribution in [3.8, 4) is 0 Å². The van der Waals surface area contributed by atoms with E-state index in [1.165, 1.54) is 4.90 Å². The van der Waals surface area contributed by atoms with Gasteiger partial charge in [0.2, 0.25) is 0 Å². The molecule has 1 aromatic heterocycles. The second-order valence-corrected chi connectivity index (χ2v) is 4.58. The summed E-state index contributed by atoms with van der Waals surface area (Å²) in [5.74, 6) is -0.392. The highest BCUT2D eigenvalue weighted by Crippen LogP contribution is 2.22. The molecule has 0 bridgehead atoms. The zero-order valence-corrected chi connectivity index (χ0v) is 11.0. The number of carbonyl (C=O) groups is 1. The van der Waals surface area contributed by atoms with E-state index >= 15 is 0 Å². The van der Waals surface area contributed by atoms with Crippen molar-refractivity contribution < 1.29 is 14.5 Å². The third kappa shape index (κ3) is 2.82. The maximum absolute atomic E-state index is 12.3. The summed E-state index contributed by atoms with van der Waals surface area (Å²) in [5.41, 5.74) is -0.228. The Morgan fingerprint density at radius 1 is 1.68 bits per heavy atom. The van der Waals surface area contributed by atoms with Crippen molar-refractivity contribution in [2.75, 3.05) is 20.3 Å². The van der Waals surface area contributed by atoms with Gasteiger partial charge in [0.1, 0.15) is 11.3 Å². The summed E-state index contributed by atoms with van der Waals surface area (Å²) in [5, 5.41) is 10.7. The van der Waals surface area contributed by atoms with E-state index in [-0.39, 0.29) is 22.4 Å². The van der Waals surface area contributed by atoms with Gasteiger partial charge in [0.05, 0.1) is 23.1 Å². The van der Waals surface area contributed by atoms with Crippen LogP contribution >= 0.6 is 11.6 Å². The number of hydrogen-bond acceptors (Lipinski definition) is 5. The molecule has 0 spiro atoms. The molecule has 1 aliphatic rings. The van der Waals surface area contributed by atoms with Gasteiger partial charge >= 0.3 is 0 Å². The summed E-state index contributed by atoms with van der Waals surface area (Å²) in [6.07, 6.45) is 1.76. The van der Waals surface area contributed by atoms with Crippen LogP contribution in [0.25, 0.3) is 0 Å². The number of likely N-dealkylation sites (N-methyl/N-ethyl adjacent to an activating group) is 1. The maximum atomic E-state index is 12.3. The van der Waals surface area contributed by atoms with Gasteiger partial charge in [-0.3, -0.25) is 14.9 Å². The Kier molecular flexibility index (Phi) is 3.96. The molecule has 7 nitrogen and oxygen atoms in total. The molecule has 1 aliphatic heterocycles. The predicted octanol–water partition coefficient (Wildman–Crippen LogP) is 1.50. The Hall–Kier alpha value is -1.73. The molecule has 1 amide bonds. The van der Waals surface area contributed by atoms with Crippen molar-refractivity contribution in [2.24, 2.45) is 0 Å². The lowest BCUT2D eigenvalue weighted by Crippen LogP contribution is -2.37. The molecular weight excluding hydrogens is 274 g/mol. The average Bonchev–Trinajstić information content (AvgIpc) is 2.91. The molecule has 1 aromatic rings. The van der Waals surface area contributed by atoms with Gasteiger partial charge < -0.3 is 9.64 Å². The number of nitro groups is 1. The first kappa shape index (κ1) is 13.7. The van der Waals surface area contributed by atoms with Crippen LogP contribution in [0.15, 0.2) is 12.3 Å². The number of ether oxygens (including phenoxy) is 1. The Balaban J connectivity index is 2.26. The zero-order chi connectivity index (χ0) is 14.0. The van der Waals surface area contributed by atoms with Gasteiger partial charge in [-0.25, -0.2) is 4.98 Å². The van der Waals surface area contributed by atoms with Crippen LogP contribution in [0.5, 0.6) is 0 Å². The van der Waals surface area contributed by atoms with Crippen LogP contribution in [0.1, 0.15) is 16.8 Å². The second kappa shape index (κ2) is 5.50. The summed E-state index contributed by atoms with van der Waals surface area (Å²) in [7, 11) is 1.62. The molecule has 102 valence electrons. The van der Waals surface area contributed by atoms with Crippen molar-refractivity contribution in [3.63, 3.8) is 0 Å². The fraction of sp³-hybridized carbons (Fsp3) is 0.455. The standard InChI is InChI=1S/C11H12ClN3O4/c1-14(7-2-3-19-6-7)11(16)9-4-8(15(17)18)5-13-10(9)12/h4-5,7H,2-3,6H2,1H3. The largest absolute Gasteiger partial charge is 0.379 e. The number of hydrogen-bond donors (Lipinski definition) is 0. The first-order chi connectivity index (χ1) is 9.00. The quantitative estimate of drug-likeness (QED) is 0.477. The SMILES string of the molecule is CN(C(=O)c1cc([N+](=O)[O-])cnc1Cl)C1CCOC1. The van der Waals surface area contributed by atoms with E-state index in [0.29, 0.717) is 13.2 Å². The van der Waals surface area contributed by atoms with Crippen LogP contribution < -0.4 is 0 Å². The number of aromatic nitrogens is 1. The topological polar surface area (TPSA) is 85.6 Å². The molecule has 19 heavy (non-hydrogen) atoms. The fourth-order valence-corrected chi connectivity index (χ4v) is 2.05. The predicted molar refractivity (Wildman–Crippen MR) is 67.2 cm³/mol. The molecule has 0 N–H and O–H groups in total. The second-order valence-electron chi connectivity index (χ2n) is 4.22. The number of halogens is 1. The first-order valence-corrected chi connectivity index (χ1v) is 6.03. The number of rotatable bonds is 3. The Bertz CT molecular complexity index is 517. The summed E-state index contributed by atoms with van der Waals surface area (Å²) in [6, 6.07) is 1.10. The lowest BCUT2D eigenvalue weighted by molar-refractivity contribution is -0.385. The Morgan fingerprint density at radius 2 is 2.42 bits per heavy atom. The normalized spacial score (nSPS) is 18.3. The number of carbonyl (C=O) groups excluding carboxylic acids is 1. The minimum Gasteiger partial charge on any atom is -0.379 e. The molecule has 0 aliphatic carbocycles. The van der Waals surface area contributed by atoms with Crippen molar-refractivity contribution in [1.29, 1.82) is 0 Å². The van der Waals surface area contributed by atoms with E-state index in [9.17, 15) is 14.9 Å². The molecule has 0 aromatic carbocycles. The lowest BCUT2D eigenvalue weighted by Gasteiger charge is -2.23. The van der Waals surface area contributed by atoms with E-state index < -0.39 is 10.8 Å². The van der Waals surface area contributed by atoms with E-state index in [2.05, 4.69) is 4.98 Å². The number of amides is 1. The van der Waals surface area contributed by atoms with Crippen molar-refractivity contribution in [2.45, 2.75) is 12.5 Å². The molecule has 1 fully saturated rings. The van der Waals surface area contributed by atoms with Crippen molar-refractivity contribution in [3.05, 3.63) is 33.1 Å². The molecule has 1 unspecified atom stereocenters. The molecule has 1 atom stereocenters. The van der Waals surface area contributed by atoms with Crippen LogP contribution in [0.3, 0.4) is 0 Å². The minimum atomic E-state index is -0.612. The molecule has 0 saturated carbocycles. The monoisotopic (exact) mass is 285 g/mol. The van der Waals surface area contributed by atoms with Gasteiger partial charge in [0.25, 0.3) is 11.6 Å². The van der Waals surface area contributed by atoms with E-state index in [1.54, 1.807) is 7.05 Å². The fourth-order valence-electron chi connectivity index (χ4n) is 1.87. The third-order valence-corrected chi connectivity index (χ3v) is 3.34. The average molecular weight is 286 g/mol. The third-order valence-electron chi connectivity index (χ3n) is 3.04. The van der Waals surface area contributed by atoms with Crippen LogP contribution in [0.4, 0.5) is 5.69 Å². The van der Waals surface area contributed by atoms with Gasteiger partial charge in [-0.15, -0.1) is 0 Å². The van der Waals surface area contributed by atoms with Crippen LogP contribution in [-0.4, -0.2) is 47.0 Å². The first-order valence-electron chi connectivity index (χ1n) is 5.65. The van der Waals surface area contributed by atoms with Gasteiger partial charge in [-0.1, -0.05) is 11.6 Å². The van der Waals surface area contributed by atoms with Gasteiger partial charge in [0, 0.05) is 19.7 Å². The highest BCUT2D eigenvalue weighted by Gasteiger charge is 2.27. The number of pyridine rings is 1. The molecular formula is C11H12ClN3O4. The van der Waals surface area contributed by atoms with Gasteiger partial charge in [-0.05, 0) is 6.42 Å². The Morgan fingerprint density at radius 3 is 3.00 bits per heavy atom. The zero-order valence-electron chi connectivity index (χ0n) is 10.2. The summed E-state index contributed by atoms with van der Waals surface area (Å²) >= 11 is 5.83. The molecule has 2 heterocycles. The highest BCUT2D eigenvalue weighted by atomic mass is 35.5. The van der Waals surface area contributed by atoms with Crippen LogP contribution in [0.2, 0.25) is 5.15 Å². The van der Waals surface area contributed by atoms with Crippen LogP contribution in [-0.2, 0) is 4.74 Å². The Labute approximate surface area is 114 Å². The summed E-state index contributed by atoms with van der Waals surface area (Å²) in [4.78, 5) is 27.5. The van der Waals surface area contributed by atoms with Gasteiger partial charge in [0.15, 0.2) is 0 Å². The maximum Gasteiger partial charge on any atom is 0.288 e. The van der Waals surface area contributed by atoms with E-state index in [0.717, 1.165) is 18.7 Å². The van der Waals surface area contributed by atoms with Crippen molar-refractivity contribution >= 4 is 23.2 Å². The summed E-state index contributed by atoms with van der Waals surface area (Å²) in [6.45, 7) is 1.06. The lowest BCUT2D eigenvalue weighted by atomic mass is 10.2. The van der Waals surface area contributed by atoms with Gasteiger partial charge in [-0.2, -0.15) is 0 Å². The van der Waals surface area contributed by atoms with E-state index in [4.69, 9.17) is 16.3 Å². The highest BCUT2D eigenvalue weighted by molar-refractivity contribution is 6.32. The van der Waals surface area contributed by atoms with E-state index in [1.807, 2.05) is 0 Å². The minimum absolute atomic E-state index is 0.0327.